The molecule has 1 amide bonds. The molecule has 1 aliphatic heterocycles. The van der Waals surface area contributed by atoms with Gasteiger partial charge < -0.3 is 9.64 Å². The molecule has 0 aromatic heterocycles. The van der Waals surface area contributed by atoms with E-state index in [1.165, 1.54) is 0 Å². The summed E-state index contributed by atoms with van der Waals surface area (Å²) in [6.07, 6.45) is 3.13. The first-order valence-electron chi connectivity index (χ1n) is 5.12. The zero-order valence-corrected chi connectivity index (χ0v) is 8.75. The van der Waals surface area contributed by atoms with E-state index < -0.39 is 0 Å². The predicted molar refractivity (Wildman–Crippen MR) is 51.6 cm³/mol. The number of amides is 1. The second-order valence-electron chi connectivity index (χ2n) is 3.83. The molecule has 0 N–H and O–H groups in total. The van der Waals surface area contributed by atoms with Crippen LogP contribution in [0.1, 0.15) is 40.0 Å². The van der Waals surface area contributed by atoms with Gasteiger partial charge in [-0.25, -0.2) is 4.79 Å². The SMILES string of the molecule is CC[C@H]1CCCN1C(=O)OC(C)C. The summed E-state index contributed by atoms with van der Waals surface area (Å²) in [5.74, 6) is 0. The summed E-state index contributed by atoms with van der Waals surface area (Å²) < 4.78 is 5.15. The van der Waals surface area contributed by atoms with Gasteiger partial charge in [0.25, 0.3) is 0 Å². The van der Waals surface area contributed by atoms with Gasteiger partial charge in [-0.15, -0.1) is 0 Å². The molecule has 0 radical (unpaired) electrons. The third kappa shape index (κ3) is 2.61. The number of carbonyl (C=O) groups is 1. The first kappa shape index (κ1) is 10.4. The monoisotopic (exact) mass is 185 g/mol. The third-order valence-electron chi connectivity index (χ3n) is 2.42. The molecule has 1 fully saturated rings. The Morgan fingerprint density at radius 2 is 2.31 bits per heavy atom. The maximum Gasteiger partial charge on any atom is 0.410 e. The van der Waals surface area contributed by atoms with Crippen LogP contribution in [0.2, 0.25) is 0 Å². The van der Waals surface area contributed by atoms with E-state index in [1.54, 1.807) is 0 Å². The number of ether oxygens (including phenoxy) is 1. The smallest absolute Gasteiger partial charge is 0.410 e. The van der Waals surface area contributed by atoms with Crippen LogP contribution in [-0.2, 0) is 4.74 Å². The molecule has 1 rings (SSSR count). The van der Waals surface area contributed by atoms with Crippen LogP contribution >= 0.6 is 0 Å². The van der Waals surface area contributed by atoms with Gasteiger partial charge in [0, 0.05) is 12.6 Å². The van der Waals surface area contributed by atoms with Gasteiger partial charge in [-0.2, -0.15) is 0 Å². The molecule has 76 valence electrons. The van der Waals surface area contributed by atoms with Crippen LogP contribution in [0.4, 0.5) is 4.79 Å². The number of carbonyl (C=O) groups excluding carboxylic acids is 1. The summed E-state index contributed by atoms with van der Waals surface area (Å²) in [4.78, 5) is 13.4. The fourth-order valence-electron chi connectivity index (χ4n) is 1.77. The minimum absolute atomic E-state index is 0.00870. The van der Waals surface area contributed by atoms with E-state index in [2.05, 4.69) is 6.92 Å². The quantitative estimate of drug-likeness (QED) is 0.661. The third-order valence-corrected chi connectivity index (χ3v) is 2.42. The van der Waals surface area contributed by atoms with Crippen LogP contribution in [0.3, 0.4) is 0 Å². The number of likely N-dealkylation sites (tertiary alicyclic amines) is 1. The molecule has 0 aromatic rings. The van der Waals surface area contributed by atoms with Gasteiger partial charge in [-0.05, 0) is 33.1 Å². The molecule has 0 bridgehead atoms. The predicted octanol–water partition coefficient (Wildman–Crippen LogP) is 2.41. The van der Waals surface area contributed by atoms with Gasteiger partial charge >= 0.3 is 6.09 Å². The van der Waals surface area contributed by atoms with Crippen molar-refractivity contribution in [3.05, 3.63) is 0 Å². The van der Waals surface area contributed by atoms with Gasteiger partial charge in [0.2, 0.25) is 0 Å². The highest BCUT2D eigenvalue weighted by molar-refractivity contribution is 5.68. The van der Waals surface area contributed by atoms with Crippen molar-refractivity contribution >= 4 is 6.09 Å². The number of nitrogens with zero attached hydrogens (tertiary/aromatic N) is 1. The van der Waals surface area contributed by atoms with Crippen molar-refractivity contribution in [2.45, 2.75) is 52.2 Å². The van der Waals surface area contributed by atoms with E-state index in [0.29, 0.717) is 6.04 Å². The van der Waals surface area contributed by atoms with Crippen LogP contribution < -0.4 is 0 Å². The zero-order chi connectivity index (χ0) is 9.84. The van der Waals surface area contributed by atoms with Crippen LogP contribution in [0.25, 0.3) is 0 Å². The van der Waals surface area contributed by atoms with Crippen molar-refractivity contribution in [3.8, 4) is 0 Å². The Morgan fingerprint density at radius 1 is 1.62 bits per heavy atom. The molecule has 13 heavy (non-hydrogen) atoms. The Kier molecular flexibility index (Phi) is 3.58. The first-order chi connectivity index (χ1) is 6.15. The van der Waals surface area contributed by atoms with E-state index >= 15 is 0 Å². The summed E-state index contributed by atoms with van der Waals surface area (Å²) in [5, 5.41) is 0. The summed E-state index contributed by atoms with van der Waals surface area (Å²) in [7, 11) is 0. The molecule has 1 aliphatic rings. The van der Waals surface area contributed by atoms with E-state index in [4.69, 9.17) is 4.74 Å². The molecule has 1 atom stereocenters. The van der Waals surface area contributed by atoms with Crippen molar-refractivity contribution in [2.75, 3.05) is 6.54 Å². The average molecular weight is 185 g/mol. The lowest BCUT2D eigenvalue weighted by Gasteiger charge is -2.23. The Bertz CT molecular complexity index is 180. The van der Waals surface area contributed by atoms with Gasteiger partial charge in [-0.1, -0.05) is 6.92 Å². The molecule has 1 saturated heterocycles. The number of hydrogen-bond acceptors (Lipinski definition) is 2. The highest BCUT2D eigenvalue weighted by Gasteiger charge is 2.28. The van der Waals surface area contributed by atoms with Crippen molar-refractivity contribution in [2.24, 2.45) is 0 Å². The van der Waals surface area contributed by atoms with Gasteiger partial charge in [0.1, 0.15) is 0 Å². The fraction of sp³-hybridized carbons (Fsp3) is 0.900. The average Bonchev–Trinajstić information content (AvgIpc) is 2.49. The summed E-state index contributed by atoms with van der Waals surface area (Å²) in [5.41, 5.74) is 0. The largest absolute Gasteiger partial charge is 0.447 e. The topological polar surface area (TPSA) is 29.5 Å². The summed E-state index contributed by atoms with van der Waals surface area (Å²) in [6, 6.07) is 0.409. The maximum absolute atomic E-state index is 11.5. The highest BCUT2D eigenvalue weighted by atomic mass is 16.6. The Balaban J connectivity index is 2.45. The van der Waals surface area contributed by atoms with Crippen molar-refractivity contribution < 1.29 is 9.53 Å². The van der Waals surface area contributed by atoms with Gasteiger partial charge in [0.15, 0.2) is 0 Å². The van der Waals surface area contributed by atoms with Crippen molar-refractivity contribution in [1.82, 2.24) is 4.90 Å². The zero-order valence-electron chi connectivity index (χ0n) is 8.75. The molecule has 3 nitrogen and oxygen atoms in total. The molecular weight excluding hydrogens is 166 g/mol. The van der Waals surface area contributed by atoms with Crippen molar-refractivity contribution in [1.29, 1.82) is 0 Å². The molecule has 0 saturated carbocycles. The molecule has 0 unspecified atom stereocenters. The Labute approximate surface area is 80.1 Å². The molecule has 1 heterocycles. The minimum Gasteiger partial charge on any atom is -0.447 e. The fourth-order valence-corrected chi connectivity index (χ4v) is 1.77. The maximum atomic E-state index is 11.5. The molecule has 0 aliphatic carbocycles. The van der Waals surface area contributed by atoms with Crippen molar-refractivity contribution in [3.63, 3.8) is 0 Å². The lowest BCUT2D eigenvalue weighted by atomic mass is 10.2. The van der Waals surface area contributed by atoms with E-state index in [9.17, 15) is 4.79 Å². The summed E-state index contributed by atoms with van der Waals surface area (Å²) >= 11 is 0. The van der Waals surface area contributed by atoms with Crippen LogP contribution in [0, 0.1) is 0 Å². The molecule has 0 spiro atoms. The Hall–Kier alpha value is -0.730. The van der Waals surface area contributed by atoms with Gasteiger partial charge in [0.05, 0.1) is 6.10 Å². The lowest BCUT2D eigenvalue weighted by molar-refractivity contribution is 0.0728. The van der Waals surface area contributed by atoms with Crippen LogP contribution in [0.15, 0.2) is 0 Å². The summed E-state index contributed by atoms with van der Waals surface area (Å²) in [6.45, 7) is 6.75. The highest BCUT2D eigenvalue weighted by Crippen LogP contribution is 2.20. The molecule has 3 heteroatoms. The number of hydrogen-bond donors (Lipinski definition) is 0. The van der Waals surface area contributed by atoms with E-state index in [0.717, 1.165) is 25.8 Å². The second-order valence-corrected chi connectivity index (χ2v) is 3.83. The minimum atomic E-state index is -0.139. The van der Waals surface area contributed by atoms with E-state index in [-0.39, 0.29) is 12.2 Å². The van der Waals surface area contributed by atoms with E-state index in [1.807, 2.05) is 18.7 Å². The lowest BCUT2D eigenvalue weighted by Crippen LogP contribution is -2.36. The standard InChI is InChI=1S/C10H19NO2/c1-4-9-6-5-7-11(9)10(12)13-8(2)3/h8-9H,4-7H2,1-3H3/t9-/m0/s1. The normalized spacial score (nSPS) is 22.5. The molecule has 0 aromatic carbocycles. The van der Waals surface area contributed by atoms with Crippen LogP contribution in [0.5, 0.6) is 0 Å². The van der Waals surface area contributed by atoms with Gasteiger partial charge in [-0.3, -0.25) is 0 Å². The van der Waals surface area contributed by atoms with Crippen LogP contribution in [-0.4, -0.2) is 29.7 Å². The molecular formula is C10H19NO2. The number of rotatable bonds is 2. The first-order valence-corrected chi connectivity index (χ1v) is 5.12. The Morgan fingerprint density at radius 3 is 2.85 bits per heavy atom. The second kappa shape index (κ2) is 4.49.